The average molecular weight is 312 g/mol. The number of likely N-dealkylation sites (tertiary alicyclic amines) is 1. The van der Waals surface area contributed by atoms with E-state index in [1.165, 1.54) is 0 Å². The topological polar surface area (TPSA) is 89.4 Å². The van der Waals surface area contributed by atoms with Crippen molar-refractivity contribution in [3.05, 3.63) is 35.4 Å². The van der Waals surface area contributed by atoms with Crippen LogP contribution in [0.5, 0.6) is 0 Å². The first-order chi connectivity index (χ1) is 9.54. The van der Waals surface area contributed by atoms with Gasteiger partial charge in [0.15, 0.2) is 0 Å². The van der Waals surface area contributed by atoms with E-state index in [1.54, 1.807) is 24.3 Å². The molecule has 1 saturated heterocycles. The standard InChI is InChI=1S/C15H21N3O2.ClH/c1-10-4-3-7-18(13(10)9-16)15(20)12-6-2-5-11(8-12)14(17)19;/h2,5-6,8,10,13H,3-4,7,9,16H2,1H3,(H2,17,19);1H. The molecule has 1 aromatic rings. The monoisotopic (exact) mass is 311 g/mol. The maximum Gasteiger partial charge on any atom is 0.254 e. The molecule has 4 N–H and O–H groups in total. The molecular formula is C15H22ClN3O2. The molecule has 5 nitrogen and oxygen atoms in total. The highest BCUT2D eigenvalue weighted by Gasteiger charge is 2.31. The largest absolute Gasteiger partial charge is 0.366 e. The first-order valence-corrected chi connectivity index (χ1v) is 6.95. The summed E-state index contributed by atoms with van der Waals surface area (Å²) >= 11 is 0. The fourth-order valence-corrected chi connectivity index (χ4v) is 2.83. The molecule has 116 valence electrons. The second-order valence-electron chi connectivity index (χ2n) is 5.37. The molecule has 0 aromatic heterocycles. The maximum absolute atomic E-state index is 12.6. The Bertz CT molecular complexity index is 521. The second-order valence-corrected chi connectivity index (χ2v) is 5.37. The Morgan fingerprint density at radius 2 is 2.00 bits per heavy atom. The SMILES string of the molecule is CC1CCCN(C(=O)c2cccc(C(N)=O)c2)C1CN.Cl. The summed E-state index contributed by atoms with van der Waals surface area (Å²) in [4.78, 5) is 25.6. The van der Waals surface area contributed by atoms with Gasteiger partial charge in [0.1, 0.15) is 0 Å². The number of piperidine rings is 1. The van der Waals surface area contributed by atoms with Crippen molar-refractivity contribution in [2.24, 2.45) is 17.4 Å². The molecule has 21 heavy (non-hydrogen) atoms. The van der Waals surface area contributed by atoms with Crippen LogP contribution in [0.25, 0.3) is 0 Å². The van der Waals surface area contributed by atoms with Crippen LogP contribution in [0, 0.1) is 5.92 Å². The molecule has 1 aromatic carbocycles. The van der Waals surface area contributed by atoms with Gasteiger partial charge in [-0.05, 0) is 37.0 Å². The van der Waals surface area contributed by atoms with E-state index in [2.05, 4.69) is 6.92 Å². The van der Waals surface area contributed by atoms with Crippen molar-refractivity contribution in [3.8, 4) is 0 Å². The highest BCUT2D eigenvalue weighted by molar-refractivity contribution is 5.99. The van der Waals surface area contributed by atoms with E-state index in [0.29, 0.717) is 30.1 Å². The molecule has 6 heteroatoms. The van der Waals surface area contributed by atoms with Crippen LogP contribution < -0.4 is 11.5 Å². The van der Waals surface area contributed by atoms with Crippen LogP contribution in [-0.2, 0) is 0 Å². The van der Waals surface area contributed by atoms with Gasteiger partial charge in [-0.15, -0.1) is 12.4 Å². The Kier molecular flexibility index (Phi) is 6.18. The lowest BCUT2D eigenvalue weighted by molar-refractivity contribution is 0.0532. The summed E-state index contributed by atoms with van der Waals surface area (Å²) in [5, 5.41) is 0. The second kappa shape index (κ2) is 7.43. The van der Waals surface area contributed by atoms with Crippen LogP contribution in [0.15, 0.2) is 24.3 Å². The molecule has 0 spiro atoms. The van der Waals surface area contributed by atoms with Gasteiger partial charge in [-0.1, -0.05) is 13.0 Å². The molecule has 1 aliphatic heterocycles. The van der Waals surface area contributed by atoms with E-state index in [9.17, 15) is 9.59 Å². The van der Waals surface area contributed by atoms with E-state index in [4.69, 9.17) is 11.5 Å². The Morgan fingerprint density at radius 3 is 2.62 bits per heavy atom. The fraction of sp³-hybridized carbons (Fsp3) is 0.467. The third kappa shape index (κ3) is 3.74. The minimum atomic E-state index is -0.526. The van der Waals surface area contributed by atoms with Crippen molar-refractivity contribution < 1.29 is 9.59 Å². The molecule has 2 atom stereocenters. The van der Waals surface area contributed by atoms with Crippen molar-refractivity contribution in [2.45, 2.75) is 25.8 Å². The molecule has 2 amide bonds. The summed E-state index contributed by atoms with van der Waals surface area (Å²) in [6, 6.07) is 6.61. The molecule has 0 bridgehead atoms. The number of hydrogen-bond donors (Lipinski definition) is 2. The van der Waals surface area contributed by atoms with Gasteiger partial charge in [0.25, 0.3) is 5.91 Å². The van der Waals surface area contributed by atoms with E-state index in [1.807, 2.05) is 4.90 Å². The lowest BCUT2D eigenvalue weighted by Gasteiger charge is -2.39. The lowest BCUT2D eigenvalue weighted by atomic mass is 9.90. The normalized spacial score (nSPS) is 21.5. The number of nitrogens with zero attached hydrogens (tertiary/aromatic N) is 1. The van der Waals surface area contributed by atoms with E-state index in [0.717, 1.165) is 12.8 Å². The van der Waals surface area contributed by atoms with E-state index >= 15 is 0 Å². The number of amides is 2. The van der Waals surface area contributed by atoms with Crippen LogP contribution in [0.2, 0.25) is 0 Å². The van der Waals surface area contributed by atoms with Crippen molar-refractivity contribution in [1.29, 1.82) is 0 Å². The Hall–Kier alpha value is -1.59. The summed E-state index contributed by atoms with van der Waals surface area (Å²) in [5.41, 5.74) is 11.9. The van der Waals surface area contributed by atoms with Crippen molar-refractivity contribution in [2.75, 3.05) is 13.1 Å². The zero-order valence-electron chi connectivity index (χ0n) is 12.1. The number of nitrogens with two attached hydrogens (primary N) is 2. The van der Waals surface area contributed by atoms with Crippen molar-refractivity contribution >= 4 is 24.2 Å². The van der Waals surface area contributed by atoms with Gasteiger partial charge in [-0.2, -0.15) is 0 Å². The average Bonchev–Trinajstić information content (AvgIpc) is 2.46. The summed E-state index contributed by atoms with van der Waals surface area (Å²) in [7, 11) is 0. The zero-order valence-corrected chi connectivity index (χ0v) is 12.9. The van der Waals surface area contributed by atoms with E-state index in [-0.39, 0.29) is 24.4 Å². The molecule has 1 fully saturated rings. The highest BCUT2D eigenvalue weighted by atomic mass is 35.5. The van der Waals surface area contributed by atoms with Crippen molar-refractivity contribution in [3.63, 3.8) is 0 Å². The van der Waals surface area contributed by atoms with Gasteiger partial charge in [-0.3, -0.25) is 9.59 Å². The molecule has 0 aliphatic carbocycles. The molecule has 1 heterocycles. The Balaban J connectivity index is 0.00000220. The number of rotatable bonds is 3. The van der Waals surface area contributed by atoms with Gasteiger partial charge in [0.05, 0.1) is 0 Å². The third-order valence-corrected chi connectivity index (χ3v) is 4.01. The molecule has 2 unspecified atom stereocenters. The van der Waals surface area contributed by atoms with Gasteiger partial charge in [0.2, 0.25) is 5.91 Å². The number of hydrogen-bond acceptors (Lipinski definition) is 3. The molecule has 1 aliphatic rings. The number of halogens is 1. The Morgan fingerprint density at radius 1 is 1.33 bits per heavy atom. The molecule has 2 rings (SSSR count). The number of primary amides is 1. The van der Waals surface area contributed by atoms with Crippen molar-refractivity contribution in [1.82, 2.24) is 4.90 Å². The summed E-state index contributed by atoms with van der Waals surface area (Å²) < 4.78 is 0. The van der Waals surface area contributed by atoms with Crippen LogP contribution in [0.4, 0.5) is 0 Å². The van der Waals surface area contributed by atoms with Gasteiger partial charge in [0, 0.05) is 30.3 Å². The summed E-state index contributed by atoms with van der Waals surface area (Å²) in [6.07, 6.45) is 2.08. The van der Waals surface area contributed by atoms with Gasteiger partial charge < -0.3 is 16.4 Å². The summed E-state index contributed by atoms with van der Waals surface area (Å²) in [5.74, 6) is -0.200. The maximum atomic E-state index is 12.6. The lowest BCUT2D eigenvalue weighted by Crippen LogP contribution is -2.51. The number of carbonyl (C=O) groups excluding carboxylic acids is 2. The zero-order chi connectivity index (χ0) is 14.7. The fourth-order valence-electron chi connectivity index (χ4n) is 2.83. The van der Waals surface area contributed by atoms with Crippen LogP contribution in [-0.4, -0.2) is 35.8 Å². The molecule has 0 radical (unpaired) electrons. The van der Waals surface area contributed by atoms with Crippen LogP contribution >= 0.6 is 12.4 Å². The predicted octanol–water partition coefficient (Wildman–Crippen LogP) is 1.41. The quantitative estimate of drug-likeness (QED) is 0.884. The summed E-state index contributed by atoms with van der Waals surface area (Å²) in [6.45, 7) is 3.30. The minimum Gasteiger partial charge on any atom is -0.366 e. The van der Waals surface area contributed by atoms with Gasteiger partial charge in [-0.25, -0.2) is 0 Å². The predicted molar refractivity (Wildman–Crippen MR) is 84.5 cm³/mol. The highest BCUT2D eigenvalue weighted by Crippen LogP contribution is 2.24. The smallest absolute Gasteiger partial charge is 0.254 e. The first-order valence-electron chi connectivity index (χ1n) is 6.95. The number of carbonyl (C=O) groups is 2. The third-order valence-electron chi connectivity index (χ3n) is 4.01. The number of benzene rings is 1. The van der Waals surface area contributed by atoms with Gasteiger partial charge >= 0.3 is 0 Å². The molecular weight excluding hydrogens is 290 g/mol. The van der Waals surface area contributed by atoms with Crippen LogP contribution in [0.3, 0.4) is 0 Å². The minimum absolute atomic E-state index is 0. The van der Waals surface area contributed by atoms with Crippen LogP contribution in [0.1, 0.15) is 40.5 Å². The van der Waals surface area contributed by atoms with E-state index < -0.39 is 5.91 Å². The Labute approximate surface area is 131 Å². The molecule has 0 saturated carbocycles. The first kappa shape index (κ1) is 17.5.